The molecule has 1 heterocycles. The lowest BCUT2D eigenvalue weighted by Crippen LogP contribution is -2.15. The van der Waals surface area contributed by atoms with Crippen LogP contribution in [-0.4, -0.2) is 8.42 Å². The lowest BCUT2D eigenvalue weighted by molar-refractivity contribution is 0.597. The number of para-hydroxylation sites is 1. The van der Waals surface area contributed by atoms with Crippen LogP contribution in [0.4, 0.5) is 15.8 Å². The van der Waals surface area contributed by atoms with E-state index in [1.54, 1.807) is 16.8 Å². The second-order valence-corrected chi connectivity index (χ2v) is 5.70. The zero-order valence-electron chi connectivity index (χ0n) is 8.55. The Morgan fingerprint density at radius 2 is 2.06 bits per heavy atom. The Kier molecular flexibility index (Phi) is 3.03. The van der Waals surface area contributed by atoms with E-state index in [1.807, 2.05) is 0 Å². The second kappa shape index (κ2) is 4.34. The topological polar surface area (TPSA) is 72.2 Å². The fourth-order valence-electron chi connectivity index (χ4n) is 1.28. The average molecular weight is 272 g/mol. The Morgan fingerprint density at radius 3 is 2.71 bits per heavy atom. The predicted molar refractivity (Wildman–Crippen MR) is 65.9 cm³/mol. The zero-order chi connectivity index (χ0) is 12.5. The fraction of sp³-hybridized carbons (Fsp3) is 0. The van der Waals surface area contributed by atoms with Crippen molar-refractivity contribution in [3.63, 3.8) is 0 Å². The minimum Gasteiger partial charge on any atom is -0.395 e. The summed E-state index contributed by atoms with van der Waals surface area (Å²) in [6.07, 6.45) is 0. The van der Waals surface area contributed by atoms with Crippen molar-refractivity contribution in [3.8, 4) is 0 Å². The molecule has 0 atom stereocenters. The van der Waals surface area contributed by atoms with Crippen LogP contribution in [0.15, 0.2) is 39.9 Å². The molecule has 0 saturated heterocycles. The summed E-state index contributed by atoms with van der Waals surface area (Å²) in [7, 11) is -3.84. The second-order valence-electron chi connectivity index (χ2n) is 3.27. The minimum absolute atomic E-state index is 0.260. The number of nitrogens with one attached hydrogen (secondary N) is 1. The molecule has 0 amide bonds. The molecule has 17 heavy (non-hydrogen) atoms. The smallest absolute Gasteiger partial charge is 0.264 e. The van der Waals surface area contributed by atoms with Gasteiger partial charge in [0.1, 0.15) is 10.7 Å². The van der Waals surface area contributed by atoms with Gasteiger partial charge < -0.3 is 5.73 Å². The molecule has 0 spiro atoms. The average Bonchev–Trinajstić information content (AvgIpc) is 2.73. The van der Waals surface area contributed by atoms with Gasteiger partial charge in [-0.3, -0.25) is 4.72 Å². The van der Waals surface area contributed by atoms with Crippen LogP contribution in [0, 0.1) is 5.82 Å². The van der Waals surface area contributed by atoms with Gasteiger partial charge in [0.15, 0.2) is 0 Å². The Labute approximate surface area is 102 Å². The third kappa shape index (κ3) is 2.40. The third-order valence-electron chi connectivity index (χ3n) is 2.08. The number of sulfonamides is 1. The van der Waals surface area contributed by atoms with Gasteiger partial charge in [0.05, 0.1) is 11.4 Å². The first-order valence-electron chi connectivity index (χ1n) is 4.60. The molecule has 0 fully saturated rings. The van der Waals surface area contributed by atoms with E-state index in [4.69, 9.17) is 5.73 Å². The van der Waals surface area contributed by atoms with Crippen LogP contribution in [0.5, 0.6) is 0 Å². The molecule has 0 saturated carbocycles. The van der Waals surface area contributed by atoms with E-state index < -0.39 is 15.8 Å². The highest BCUT2D eigenvalue weighted by molar-refractivity contribution is 7.92. The molecule has 4 nitrogen and oxygen atoms in total. The number of benzene rings is 1. The van der Waals surface area contributed by atoms with Gasteiger partial charge in [-0.05, 0) is 23.6 Å². The molecule has 0 bridgehead atoms. The zero-order valence-corrected chi connectivity index (χ0v) is 10.2. The van der Waals surface area contributed by atoms with Crippen LogP contribution < -0.4 is 10.5 Å². The molecule has 3 N–H and O–H groups in total. The molecule has 90 valence electrons. The van der Waals surface area contributed by atoms with E-state index in [2.05, 4.69) is 4.72 Å². The molecule has 2 rings (SSSR count). The van der Waals surface area contributed by atoms with Crippen LogP contribution in [0.25, 0.3) is 0 Å². The summed E-state index contributed by atoms with van der Waals surface area (Å²) in [6, 6.07) is 5.28. The quantitative estimate of drug-likeness (QED) is 0.842. The van der Waals surface area contributed by atoms with Crippen LogP contribution in [-0.2, 0) is 10.0 Å². The van der Waals surface area contributed by atoms with Crippen molar-refractivity contribution < 1.29 is 12.8 Å². The van der Waals surface area contributed by atoms with Crippen molar-refractivity contribution in [3.05, 3.63) is 40.8 Å². The first-order chi connectivity index (χ1) is 8.00. The molecule has 7 heteroatoms. The van der Waals surface area contributed by atoms with Crippen molar-refractivity contribution in [2.24, 2.45) is 0 Å². The van der Waals surface area contributed by atoms with Crippen molar-refractivity contribution in [2.75, 3.05) is 10.5 Å². The Morgan fingerprint density at radius 1 is 1.29 bits per heavy atom. The molecular formula is C10H9FN2O2S2. The summed E-state index contributed by atoms with van der Waals surface area (Å²) >= 11 is 1.35. The number of halogens is 1. The van der Waals surface area contributed by atoms with E-state index >= 15 is 0 Å². The standard InChI is InChI=1S/C10H9FN2O2S2/c11-8-2-1-3-9(10(8)12)17(14,15)13-7-4-5-16-6-7/h1-6,13H,12H2. The maximum Gasteiger partial charge on any atom is 0.264 e. The van der Waals surface area contributed by atoms with Gasteiger partial charge in [0, 0.05) is 5.38 Å². The van der Waals surface area contributed by atoms with E-state index in [0.29, 0.717) is 5.69 Å². The summed E-state index contributed by atoms with van der Waals surface area (Å²) in [5.41, 5.74) is 5.46. The number of hydrogen-bond donors (Lipinski definition) is 2. The van der Waals surface area contributed by atoms with E-state index in [9.17, 15) is 12.8 Å². The lowest BCUT2D eigenvalue weighted by atomic mass is 10.3. The molecular weight excluding hydrogens is 263 g/mol. The van der Waals surface area contributed by atoms with Gasteiger partial charge in [-0.1, -0.05) is 6.07 Å². The van der Waals surface area contributed by atoms with Crippen LogP contribution in [0.2, 0.25) is 0 Å². The predicted octanol–water partition coefficient (Wildman–Crippen LogP) is 2.27. The van der Waals surface area contributed by atoms with Crippen molar-refractivity contribution >= 4 is 32.7 Å². The van der Waals surface area contributed by atoms with E-state index in [1.165, 1.54) is 23.5 Å². The lowest BCUT2D eigenvalue weighted by Gasteiger charge is -2.08. The molecule has 0 radical (unpaired) electrons. The van der Waals surface area contributed by atoms with Gasteiger partial charge in [0.25, 0.3) is 10.0 Å². The highest BCUT2D eigenvalue weighted by Gasteiger charge is 2.19. The molecule has 2 aromatic rings. The molecule has 0 aliphatic carbocycles. The van der Waals surface area contributed by atoms with Crippen LogP contribution in [0.3, 0.4) is 0 Å². The highest BCUT2D eigenvalue weighted by Crippen LogP contribution is 2.24. The summed E-state index contributed by atoms with van der Waals surface area (Å²) < 4.78 is 39.3. The van der Waals surface area contributed by atoms with Gasteiger partial charge in [0.2, 0.25) is 0 Å². The number of anilines is 2. The molecule has 1 aromatic heterocycles. The first-order valence-corrected chi connectivity index (χ1v) is 7.02. The Hall–Kier alpha value is -1.60. The molecule has 0 aliphatic heterocycles. The molecule has 0 aliphatic rings. The van der Waals surface area contributed by atoms with E-state index in [0.717, 1.165) is 6.07 Å². The van der Waals surface area contributed by atoms with Gasteiger partial charge in [-0.15, -0.1) is 0 Å². The maximum absolute atomic E-state index is 13.2. The first kappa shape index (κ1) is 11.9. The minimum atomic E-state index is -3.84. The van der Waals surface area contributed by atoms with Crippen molar-refractivity contribution in [1.82, 2.24) is 0 Å². The highest BCUT2D eigenvalue weighted by atomic mass is 32.2. The largest absolute Gasteiger partial charge is 0.395 e. The van der Waals surface area contributed by atoms with Crippen molar-refractivity contribution in [1.29, 1.82) is 0 Å². The van der Waals surface area contributed by atoms with Gasteiger partial charge in [-0.25, -0.2) is 12.8 Å². The number of nitrogen functional groups attached to an aromatic ring is 1. The number of thiophene rings is 1. The van der Waals surface area contributed by atoms with Crippen molar-refractivity contribution in [2.45, 2.75) is 4.90 Å². The number of nitrogens with two attached hydrogens (primary N) is 1. The molecule has 0 unspecified atom stereocenters. The summed E-state index contributed by atoms with van der Waals surface area (Å²) in [5.74, 6) is -0.752. The van der Waals surface area contributed by atoms with E-state index in [-0.39, 0.29) is 10.6 Å². The van der Waals surface area contributed by atoms with Gasteiger partial charge >= 0.3 is 0 Å². The third-order valence-corrected chi connectivity index (χ3v) is 4.20. The summed E-state index contributed by atoms with van der Waals surface area (Å²) in [5, 5.41) is 3.36. The Bertz CT molecular complexity index is 624. The fourth-order valence-corrected chi connectivity index (χ4v) is 3.14. The normalized spacial score (nSPS) is 11.4. The van der Waals surface area contributed by atoms with Crippen LogP contribution in [0.1, 0.15) is 0 Å². The number of rotatable bonds is 3. The molecule has 1 aromatic carbocycles. The monoisotopic (exact) mass is 272 g/mol. The summed E-state index contributed by atoms with van der Waals surface area (Å²) in [4.78, 5) is -0.260. The Balaban J connectivity index is 2.42. The summed E-state index contributed by atoms with van der Waals surface area (Å²) in [6.45, 7) is 0. The maximum atomic E-state index is 13.2. The SMILES string of the molecule is Nc1c(F)cccc1S(=O)(=O)Nc1ccsc1. The van der Waals surface area contributed by atoms with Crippen LogP contribution >= 0.6 is 11.3 Å². The van der Waals surface area contributed by atoms with Gasteiger partial charge in [-0.2, -0.15) is 11.3 Å². The number of hydrogen-bond acceptors (Lipinski definition) is 4.